The van der Waals surface area contributed by atoms with Crippen molar-refractivity contribution in [2.45, 2.75) is 11.4 Å². The van der Waals surface area contributed by atoms with E-state index in [1.807, 2.05) is 18.4 Å². The van der Waals surface area contributed by atoms with Crippen LogP contribution in [0, 0.1) is 5.82 Å². The van der Waals surface area contributed by atoms with Crippen LogP contribution in [0.1, 0.15) is 5.56 Å². The molecule has 2 heterocycles. The molecule has 0 fully saturated rings. The first-order valence-corrected chi connectivity index (χ1v) is 10.2. The van der Waals surface area contributed by atoms with Crippen molar-refractivity contribution in [3.05, 3.63) is 79.1 Å². The molecule has 142 valence electrons. The second-order valence-corrected chi connectivity index (χ2v) is 7.83. The lowest BCUT2D eigenvalue weighted by Crippen LogP contribution is -2.22. The molecule has 0 saturated heterocycles. The van der Waals surface area contributed by atoms with Gasteiger partial charge in [0.05, 0.1) is 12.1 Å². The maximum Gasteiger partial charge on any atom is 0.354 e. The van der Waals surface area contributed by atoms with Crippen LogP contribution in [0.2, 0.25) is 0 Å². The molecule has 1 N–H and O–H groups in total. The van der Waals surface area contributed by atoms with Crippen LogP contribution < -0.4 is 11.2 Å². The van der Waals surface area contributed by atoms with Crippen LogP contribution >= 0.6 is 27.7 Å². The molecule has 0 bridgehead atoms. The Balaban J connectivity index is 2.13. The molecular weight excluding hydrogens is 449 g/mol. The number of hydrogen-bond donors (Lipinski definition) is 1. The van der Waals surface area contributed by atoms with Crippen LogP contribution in [0.4, 0.5) is 4.39 Å². The van der Waals surface area contributed by atoms with E-state index in [1.54, 1.807) is 18.2 Å². The molecule has 0 radical (unpaired) electrons. The number of nitrogens with zero attached hydrogens (tertiary/aromatic N) is 1. The predicted molar refractivity (Wildman–Crippen MR) is 111 cm³/mol. The smallest absolute Gasteiger partial charge is 0.354 e. The first-order chi connectivity index (χ1) is 13.4. The number of thioether (sulfide) groups is 1. The van der Waals surface area contributed by atoms with Gasteiger partial charge >= 0.3 is 5.63 Å². The quantitative estimate of drug-likeness (QED) is 0.359. The number of fused-ring (bicyclic) bond motifs is 3. The topological polar surface area (TPSA) is 72.4 Å². The predicted octanol–water partition coefficient (Wildman–Crippen LogP) is 4.49. The van der Waals surface area contributed by atoms with Crippen molar-refractivity contribution in [1.82, 2.24) is 4.57 Å². The molecule has 0 atom stereocenters. The molecule has 0 spiro atoms. The van der Waals surface area contributed by atoms with Crippen LogP contribution in [0.15, 0.2) is 65.8 Å². The van der Waals surface area contributed by atoms with Gasteiger partial charge in [-0.1, -0.05) is 12.1 Å². The molecular formula is C20H13BrFNO4S. The van der Waals surface area contributed by atoms with E-state index in [-0.39, 0.29) is 27.8 Å². The lowest BCUT2D eigenvalue weighted by Gasteiger charge is -2.14. The minimum Gasteiger partial charge on any atom is -0.506 e. The highest BCUT2D eigenvalue weighted by Crippen LogP contribution is 2.33. The Labute approximate surface area is 170 Å². The molecule has 2 aromatic carbocycles. The zero-order valence-electron chi connectivity index (χ0n) is 14.5. The Bertz CT molecular complexity index is 1350. The van der Waals surface area contributed by atoms with E-state index in [4.69, 9.17) is 4.42 Å². The fraction of sp³-hybridized carbons (Fsp3) is 0.100. The second-order valence-electron chi connectivity index (χ2n) is 6.16. The fourth-order valence-electron chi connectivity index (χ4n) is 3.12. The molecule has 8 heteroatoms. The summed E-state index contributed by atoms with van der Waals surface area (Å²) in [6, 6.07) is 11.3. The van der Waals surface area contributed by atoms with Gasteiger partial charge in [0.15, 0.2) is 11.3 Å². The molecule has 5 nitrogen and oxygen atoms in total. The molecule has 2 aromatic heterocycles. The second kappa shape index (κ2) is 7.10. The largest absolute Gasteiger partial charge is 0.506 e. The standard InChI is InChI=1S/C20H13BrFNO4S/c1-28-12-6-7-13-14(8-12)23(9-10-2-4-11(22)5-3-10)19(25)15-17(24)16(21)20(26)27-18(13)15/h2-8,24H,9H2,1H3. The number of halogens is 2. The summed E-state index contributed by atoms with van der Waals surface area (Å²) in [6.45, 7) is 0.166. The monoisotopic (exact) mass is 461 g/mol. The Morgan fingerprint density at radius 3 is 2.57 bits per heavy atom. The van der Waals surface area contributed by atoms with Crippen LogP contribution in [-0.4, -0.2) is 15.9 Å². The van der Waals surface area contributed by atoms with Gasteiger partial charge in [0, 0.05) is 10.3 Å². The number of aromatic hydroxyl groups is 1. The van der Waals surface area contributed by atoms with Gasteiger partial charge < -0.3 is 14.1 Å². The van der Waals surface area contributed by atoms with Gasteiger partial charge in [-0.25, -0.2) is 9.18 Å². The normalized spacial score (nSPS) is 11.4. The third-order valence-electron chi connectivity index (χ3n) is 4.50. The molecule has 0 aliphatic heterocycles. The van der Waals surface area contributed by atoms with Crippen molar-refractivity contribution >= 4 is 49.6 Å². The highest BCUT2D eigenvalue weighted by Gasteiger charge is 2.20. The van der Waals surface area contributed by atoms with E-state index < -0.39 is 16.9 Å². The molecule has 0 saturated carbocycles. The number of benzene rings is 2. The van der Waals surface area contributed by atoms with Crippen LogP contribution in [-0.2, 0) is 6.54 Å². The number of hydrogen-bond acceptors (Lipinski definition) is 5. The zero-order valence-corrected chi connectivity index (χ0v) is 16.9. The van der Waals surface area contributed by atoms with Gasteiger partial charge in [-0.05, 0) is 58.1 Å². The molecule has 0 aliphatic carbocycles. The Kier molecular flexibility index (Phi) is 4.76. The lowest BCUT2D eigenvalue weighted by atomic mass is 10.1. The molecule has 28 heavy (non-hydrogen) atoms. The Morgan fingerprint density at radius 1 is 1.18 bits per heavy atom. The third-order valence-corrected chi connectivity index (χ3v) is 5.92. The molecule has 0 amide bonds. The minimum absolute atomic E-state index is 0.0358. The maximum atomic E-state index is 13.2. The molecule has 4 aromatic rings. The minimum atomic E-state index is -0.768. The first kappa shape index (κ1) is 18.8. The average Bonchev–Trinajstić information content (AvgIpc) is 2.70. The van der Waals surface area contributed by atoms with Gasteiger partial charge in [0.1, 0.15) is 15.7 Å². The summed E-state index contributed by atoms with van der Waals surface area (Å²) >= 11 is 4.48. The maximum absolute atomic E-state index is 13.2. The van der Waals surface area contributed by atoms with E-state index in [0.29, 0.717) is 10.9 Å². The lowest BCUT2D eigenvalue weighted by molar-refractivity contribution is 0.462. The van der Waals surface area contributed by atoms with Crippen molar-refractivity contribution < 1.29 is 13.9 Å². The summed E-state index contributed by atoms with van der Waals surface area (Å²) in [7, 11) is 0. The Morgan fingerprint density at radius 2 is 1.89 bits per heavy atom. The SMILES string of the molecule is CSc1ccc2c3oc(=O)c(Br)c(O)c3c(=O)n(Cc3ccc(F)cc3)c2c1. The van der Waals surface area contributed by atoms with Gasteiger partial charge in [-0.15, -0.1) is 11.8 Å². The van der Waals surface area contributed by atoms with Crippen molar-refractivity contribution in [3.8, 4) is 5.75 Å². The van der Waals surface area contributed by atoms with Gasteiger partial charge in [-0.3, -0.25) is 4.79 Å². The van der Waals surface area contributed by atoms with E-state index in [1.165, 1.54) is 28.5 Å². The van der Waals surface area contributed by atoms with Gasteiger partial charge in [0.25, 0.3) is 5.56 Å². The zero-order chi connectivity index (χ0) is 20.0. The van der Waals surface area contributed by atoms with E-state index in [0.717, 1.165) is 10.5 Å². The summed E-state index contributed by atoms with van der Waals surface area (Å²) in [5.41, 5.74) is 0.0323. The summed E-state index contributed by atoms with van der Waals surface area (Å²) in [5, 5.41) is 10.9. The number of pyridine rings is 1. The first-order valence-electron chi connectivity index (χ1n) is 8.21. The third kappa shape index (κ3) is 3.02. The van der Waals surface area contributed by atoms with Crippen molar-refractivity contribution in [1.29, 1.82) is 0 Å². The summed E-state index contributed by atoms with van der Waals surface area (Å²) < 4.78 is 19.9. The van der Waals surface area contributed by atoms with Crippen molar-refractivity contribution in [3.63, 3.8) is 0 Å². The summed E-state index contributed by atoms with van der Waals surface area (Å²) in [4.78, 5) is 26.2. The van der Waals surface area contributed by atoms with Crippen molar-refractivity contribution in [2.24, 2.45) is 0 Å². The van der Waals surface area contributed by atoms with Crippen LogP contribution in [0.5, 0.6) is 5.75 Å². The number of aromatic nitrogens is 1. The van der Waals surface area contributed by atoms with E-state index >= 15 is 0 Å². The van der Waals surface area contributed by atoms with Crippen molar-refractivity contribution in [2.75, 3.05) is 6.26 Å². The number of rotatable bonds is 3. The van der Waals surface area contributed by atoms with Crippen LogP contribution in [0.3, 0.4) is 0 Å². The average molecular weight is 462 g/mol. The molecule has 0 aliphatic rings. The van der Waals surface area contributed by atoms with Gasteiger partial charge in [-0.2, -0.15) is 0 Å². The Hall–Kier alpha value is -2.58. The highest BCUT2D eigenvalue weighted by atomic mass is 79.9. The highest BCUT2D eigenvalue weighted by molar-refractivity contribution is 9.10. The fourth-order valence-corrected chi connectivity index (χ4v) is 3.83. The molecule has 0 unspecified atom stereocenters. The summed E-state index contributed by atoms with van der Waals surface area (Å²) in [5.74, 6) is -0.826. The summed E-state index contributed by atoms with van der Waals surface area (Å²) in [6.07, 6.45) is 1.91. The van der Waals surface area contributed by atoms with Gasteiger partial charge in [0.2, 0.25) is 0 Å². The van der Waals surface area contributed by atoms with Crippen LogP contribution in [0.25, 0.3) is 21.9 Å². The molecule has 4 rings (SSSR count). The van der Waals surface area contributed by atoms with E-state index in [2.05, 4.69) is 15.9 Å². The van der Waals surface area contributed by atoms with E-state index in [9.17, 15) is 19.1 Å².